The van der Waals surface area contributed by atoms with E-state index in [0.29, 0.717) is 0 Å². The Labute approximate surface area is 197 Å². The van der Waals surface area contributed by atoms with Crippen LogP contribution >= 0.6 is 0 Å². The van der Waals surface area contributed by atoms with Gasteiger partial charge >= 0.3 is 0 Å². The summed E-state index contributed by atoms with van der Waals surface area (Å²) >= 11 is 0. The summed E-state index contributed by atoms with van der Waals surface area (Å²) in [5, 5.41) is 10.7. The lowest BCUT2D eigenvalue weighted by molar-refractivity contribution is 0.673. The first-order valence-electron chi connectivity index (χ1n) is 11.5. The van der Waals surface area contributed by atoms with Crippen LogP contribution in [0.1, 0.15) is 0 Å². The minimum atomic E-state index is 0.912. The average molecular weight is 436 g/mol. The Morgan fingerprint density at radius 1 is 0.471 bits per heavy atom. The third-order valence-corrected chi connectivity index (χ3v) is 6.61. The molecule has 160 valence electrons. The molecule has 0 bridgehead atoms. The molecule has 0 unspecified atom stereocenters. The summed E-state index contributed by atoms with van der Waals surface area (Å²) in [5.41, 5.74) is 6.33. The summed E-state index contributed by atoms with van der Waals surface area (Å²) < 4.78 is 6.55. The molecule has 1 heterocycles. The molecule has 0 radical (unpaired) electrons. The summed E-state index contributed by atoms with van der Waals surface area (Å²) in [5.74, 6) is 0. The second kappa shape index (κ2) is 7.50. The van der Waals surface area contributed by atoms with E-state index < -0.39 is 0 Å². The average Bonchev–Trinajstić information content (AvgIpc) is 3.30. The Hall–Kier alpha value is -4.56. The second-order valence-electron chi connectivity index (χ2n) is 8.65. The van der Waals surface area contributed by atoms with Crippen molar-refractivity contribution in [1.29, 1.82) is 0 Å². The van der Waals surface area contributed by atoms with Gasteiger partial charge in [0.25, 0.3) is 0 Å². The highest BCUT2D eigenvalue weighted by molar-refractivity contribution is 6.32. The van der Waals surface area contributed by atoms with Gasteiger partial charge in [-0.3, -0.25) is 0 Å². The van der Waals surface area contributed by atoms with Crippen LogP contribution in [0.15, 0.2) is 126 Å². The van der Waals surface area contributed by atoms with Crippen molar-refractivity contribution in [3.05, 3.63) is 121 Å². The Balaban J connectivity index is 1.53. The van der Waals surface area contributed by atoms with E-state index in [1.807, 2.05) is 18.2 Å². The molecule has 1 N–H and O–H groups in total. The quantitative estimate of drug-likeness (QED) is 0.280. The number of furan rings is 1. The topological polar surface area (TPSA) is 25.2 Å². The van der Waals surface area contributed by atoms with E-state index in [1.54, 1.807) is 0 Å². The third-order valence-electron chi connectivity index (χ3n) is 6.61. The van der Waals surface area contributed by atoms with E-state index in [0.717, 1.165) is 38.9 Å². The number of benzene rings is 6. The zero-order valence-electron chi connectivity index (χ0n) is 18.5. The van der Waals surface area contributed by atoms with Crippen molar-refractivity contribution in [3.63, 3.8) is 0 Å². The largest absolute Gasteiger partial charge is 0.455 e. The van der Waals surface area contributed by atoms with Crippen LogP contribution in [0.3, 0.4) is 0 Å². The molecular formula is C32H21NO. The molecule has 0 atom stereocenters. The highest BCUT2D eigenvalue weighted by atomic mass is 16.3. The first-order valence-corrected chi connectivity index (χ1v) is 11.5. The number of rotatable bonds is 3. The van der Waals surface area contributed by atoms with E-state index in [-0.39, 0.29) is 0 Å². The Morgan fingerprint density at radius 2 is 1.12 bits per heavy atom. The van der Waals surface area contributed by atoms with Gasteiger partial charge in [0, 0.05) is 27.5 Å². The molecule has 7 rings (SSSR count). The fourth-order valence-corrected chi connectivity index (χ4v) is 5.14. The van der Waals surface area contributed by atoms with Crippen LogP contribution in [0.5, 0.6) is 0 Å². The van der Waals surface area contributed by atoms with Crippen molar-refractivity contribution in [2.75, 3.05) is 5.32 Å². The van der Waals surface area contributed by atoms with Gasteiger partial charge in [-0.15, -0.1) is 0 Å². The Morgan fingerprint density at radius 3 is 1.94 bits per heavy atom. The van der Waals surface area contributed by atoms with E-state index >= 15 is 0 Å². The minimum Gasteiger partial charge on any atom is -0.455 e. The number of nitrogens with one attached hydrogen (secondary N) is 1. The normalized spacial score (nSPS) is 11.5. The molecule has 0 aliphatic rings. The maximum atomic E-state index is 6.55. The standard InChI is InChI=1S/C32H21NO/c1-2-11-22(12-3-1)33-23-13-8-10-21(20-23)24-18-9-19-29-30(24)31-27-16-6-4-14-25(27)26-15-5-7-17-28(26)32(31)34-29/h1-20,33H. The van der Waals surface area contributed by atoms with Gasteiger partial charge in [-0.1, -0.05) is 91.0 Å². The molecular weight excluding hydrogens is 414 g/mol. The number of hydrogen-bond acceptors (Lipinski definition) is 2. The van der Waals surface area contributed by atoms with Crippen molar-refractivity contribution >= 4 is 54.9 Å². The monoisotopic (exact) mass is 435 g/mol. The summed E-state index contributed by atoms with van der Waals surface area (Å²) in [7, 11) is 0. The smallest absolute Gasteiger partial charge is 0.143 e. The first-order chi connectivity index (χ1) is 16.9. The van der Waals surface area contributed by atoms with Gasteiger partial charge in [0.1, 0.15) is 11.2 Å². The summed E-state index contributed by atoms with van der Waals surface area (Å²) in [6.45, 7) is 0. The Bertz CT molecular complexity index is 1830. The lowest BCUT2D eigenvalue weighted by atomic mass is 9.93. The predicted octanol–water partition coefficient (Wildman–Crippen LogP) is 9.30. The third kappa shape index (κ3) is 2.89. The molecule has 6 aromatic carbocycles. The van der Waals surface area contributed by atoms with Crippen molar-refractivity contribution in [3.8, 4) is 11.1 Å². The van der Waals surface area contributed by atoms with Gasteiger partial charge in [0.05, 0.1) is 0 Å². The molecule has 1 aromatic heterocycles. The van der Waals surface area contributed by atoms with E-state index in [1.165, 1.54) is 27.1 Å². The van der Waals surface area contributed by atoms with Crippen LogP contribution < -0.4 is 5.32 Å². The highest BCUT2D eigenvalue weighted by Gasteiger charge is 2.18. The SMILES string of the molecule is c1ccc(Nc2cccc(-c3cccc4oc5c6ccccc6c6ccccc6c5c34)c2)cc1. The molecule has 2 nitrogen and oxygen atoms in total. The van der Waals surface area contributed by atoms with Crippen LogP contribution in [0.4, 0.5) is 11.4 Å². The summed E-state index contributed by atoms with van der Waals surface area (Å²) in [4.78, 5) is 0. The lowest BCUT2D eigenvalue weighted by Crippen LogP contribution is -1.90. The minimum absolute atomic E-state index is 0.912. The van der Waals surface area contributed by atoms with Gasteiger partial charge in [0.15, 0.2) is 0 Å². The molecule has 0 saturated carbocycles. The van der Waals surface area contributed by atoms with E-state index in [4.69, 9.17) is 4.42 Å². The van der Waals surface area contributed by atoms with Crippen molar-refractivity contribution in [1.82, 2.24) is 0 Å². The summed E-state index contributed by atoms with van der Waals surface area (Å²) in [6.07, 6.45) is 0. The van der Waals surface area contributed by atoms with Crippen molar-refractivity contribution in [2.24, 2.45) is 0 Å². The van der Waals surface area contributed by atoms with Crippen LogP contribution in [-0.2, 0) is 0 Å². The van der Waals surface area contributed by atoms with Gasteiger partial charge in [0.2, 0.25) is 0 Å². The molecule has 0 saturated heterocycles. The van der Waals surface area contributed by atoms with Crippen molar-refractivity contribution < 1.29 is 4.42 Å². The molecule has 2 heteroatoms. The molecule has 34 heavy (non-hydrogen) atoms. The predicted molar refractivity (Wildman–Crippen MR) is 144 cm³/mol. The number of para-hydroxylation sites is 1. The fourth-order valence-electron chi connectivity index (χ4n) is 5.14. The number of hydrogen-bond donors (Lipinski definition) is 1. The van der Waals surface area contributed by atoms with E-state index in [2.05, 4.69) is 108 Å². The van der Waals surface area contributed by atoms with Gasteiger partial charge in [-0.05, 0) is 57.6 Å². The zero-order chi connectivity index (χ0) is 22.5. The van der Waals surface area contributed by atoms with Gasteiger partial charge in [-0.2, -0.15) is 0 Å². The molecule has 7 aromatic rings. The van der Waals surface area contributed by atoms with Gasteiger partial charge in [-0.25, -0.2) is 0 Å². The maximum Gasteiger partial charge on any atom is 0.143 e. The molecule has 0 aliphatic carbocycles. The molecule has 0 amide bonds. The maximum absolute atomic E-state index is 6.55. The fraction of sp³-hybridized carbons (Fsp3) is 0. The highest BCUT2D eigenvalue weighted by Crippen LogP contribution is 2.44. The van der Waals surface area contributed by atoms with E-state index in [9.17, 15) is 0 Å². The molecule has 0 spiro atoms. The summed E-state index contributed by atoms with van der Waals surface area (Å²) in [6, 6.07) is 42.4. The second-order valence-corrected chi connectivity index (χ2v) is 8.65. The lowest BCUT2D eigenvalue weighted by Gasteiger charge is -2.10. The van der Waals surface area contributed by atoms with Crippen molar-refractivity contribution in [2.45, 2.75) is 0 Å². The first kappa shape index (κ1) is 19.0. The molecule has 0 fully saturated rings. The number of fused-ring (bicyclic) bond motifs is 8. The zero-order valence-corrected chi connectivity index (χ0v) is 18.5. The van der Waals surface area contributed by atoms with Crippen LogP contribution in [0.25, 0.3) is 54.6 Å². The Kier molecular flexibility index (Phi) is 4.18. The van der Waals surface area contributed by atoms with Crippen LogP contribution in [0.2, 0.25) is 0 Å². The van der Waals surface area contributed by atoms with Gasteiger partial charge < -0.3 is 9.73 Å². The van der Waals surface area contributed by atoms with Crippen LogP contribution in [0, 0.1) is 0 Å². The van der Waals surface area contributed by atoms with Crippen LogP contribution in [-0.4, -0.2) is 0 Å². The molecule has 0 aliphatic heterocycles. The number of anilines is 2.